The molecule has 4 rings (SSSR count). The van der Waals surface area contributed by atoms with Crippen LogP contribution in [-0.2, 0) is 13.0 Å². The first kappa shape index (κ1) is 16.9. The van der Waals surface area contributed by atoms with Crippen molar-refractivity contribution in [2.45, 2.75) is 19.9 Å². The molecule has 3 aromatic carbocycles. The van der Waals surface area contributed by atoms with Crippen molar-refractivity contribution in [3.63, 3.8) is 0 Å². The Morgan fingerprint density at radius 3 is 2.59 bits per heavy atom. The monoisotopic (exact) mass is 353 g/mol. The number of aromatic nitrogens is 1. The average molecular weight is 353 g/mol. The van der Waals surface area contributed by atoms with E-state index in [-0.39, 0.29) is 5.69 Å². The molecule has 4 heteroatoms. The Balaban J connectivity index is 1.56. The van der Waals surface area contributed by atoms with E-state index < -0.39 is 0 Å². The number of fused-ring (bicyclic) bond motifs is 1. The summed E-state index contributed by atoms with van der Waals surface area (Å²) in [6.45, 7) is 2.64. The molecule has 0 aliphatic rings. The van der Waals surface area contributed by atoms with Gasteiger partial charge >= 0.3 is 0 Å². The van der Waals surface area contributed by atoms with Gasteiger partial charge in [-0.1, -0.05) is 72.3 Å². The van der Waals surface area contributed by atoms with Crippen molar-refractivity contribution >= 4 is 16.7 Å². The molecule has 0 aliphatic heterocycles. The Bertz CT molecular complexity index is 1120. The first-order valence-corrected chi connectivity index (χ1v) is 8.89. The summed E-state index contributed by atoms with van der Waals surface area (Å²) in [4.78, 5) is 4.37. The number of rotatable bonds is 5. The number of anilines is 1. The van der Waals surface area contributed by atoms with Crippen LogP contribution in [0.4, 0.5) is 5.88 Å². The van der Waals surface area contributed by atoms with Gasteiger partial charge in [0.2, 0.25) is 17.5 Å². The third-order valence-corrected chi connectivity index (χ3v) is 4.57. The van der Waals surface area contributed by atoms with Crippen molar-refractivity contribution in [2.75, 3.05) is 5.32 Å². The maximum Gasteiger partial charge on any atom is 0.232 e. The van der Waals surface area contributed by atoms with E-state index in [4.69, 9.17) is 4.42 Å². The second-order valence-electron chi connectivity index (χ2n) is 6.55. The zero-order chi connectivity index (χ0) is 18.6. The van der Waals surface area contributed by atoms with Gasteiger partial charge in [-0.2, -0.15) is 5.26 Å². The van der Waals surface area contributed by atoms with E-state index in [0.717, 1.165) is 11.1 Å². The molecule has 27 heavy (non-hydrogen) atoms. The number of hydrogen-bond donors (Lipinski definition) is 1. The number of oxazole rings is 1. The highest BCUT2D eigenvalue weighted by atomic mass is 16.4. The van der Waals surface area contributed by atoms with Crippen LogP contribution in [0, 0.1) is 18.3 Å². The summed E-state index contributed by atoms with van der Waals surface area (Å²) >= 11 is 0. The van der Waals surface area contributed by atoms with Crippen molar-refractivity contribution in [1.82, 2.24) is 4.98 Å². The lowest BCUT2D eigenvalue weighted by Gasteiger charge is -2.05. The van der Waals surface area contributed by atoms with Crippen molar-refractivity contribution in [1.29, 1.82) is 5.26 Å². The molecule has 1 aromatic heterocycles. The van der Waals surface area contributed by atoms with E-state index in [1.165, 1.54) is 16.3 Å². The summed E-state index contributed by atoms with van der Waals surface area (Å²) in [5.41, 5.74) is 3.76. The van der Waals surface area contributed by atoms with Crippen LogP contribution >= 0.6 is 0 Å². The summed E-state index contributed by atoms with van der Waals surface area (Å²) in [6, 6.07) is 24.8. The molecule has 4 aromatic rings. The van der Waals surface area contributed by atoms with Crippen LogP contribution in [0.1, 0.15) is 28.3 Å². The summed E-state index contributed by atoms with van der Waals surface area (Å²) in [7, 11) is 0. The zero-order valence-electron chi connectivity index (χ0n) is 15.1. The highest BCUT2D eigenvalue weighted by molar-refractivity contribution is 5.85. The minimum absolute atomic E-state index is 0.289. The fourth-order valence-electron chi connectivity index (χ4n) is 3.13. The van der Waals surface area contributed by atoms with Gasteiger partial charge in [0.25, 0.3) is 0 Å². The molecule has 132 valence electrons. The molecule has 0 unspecified atom stereocenters. The fraction of sp³-hybridized carbons (Fsp3) is 0.130. The van der Waals surface area contributed by atoms with Gasteiger partial charge < -0.3 is 9.73 Å². The third-order valence-electron chi connectivity index (χ3n) is 4.57. The summed E-state index contributed by atoms with van der Waals surface area (Å²) in [5, 5.41) is 14.9. The van der Waals surface area contributed by atoms with Crippen LogP contribution < -0.4 is 5.32 Å². The van der Waals surface area contributed by atoms with Crippen LogP contribution in [0.2, 0.25) is 0 Å². The molecule has 0 bridgehead atoms. The molecule has 1 N–H and O–H groups in total. The van der Waals surface area contributed by atoms with Crippen LogP contribution in [0.3, 0.4) is 0 Å². The average Bonchev–Trinajstić information content (AvgIpc) is 3.09. The second kappa shape index (κ2) is 7.35. The van der Waals surface area contributed by atoms with Gasteiger partial charge in [-0.25, -0.2) is 4.98 Å². The van der Waals surface area contributed by atoms with Crippen LogP contribution in [-0.4, -0.2) is 4.98 Å². The van der Waals surface area contributed by atoms with Crippen LogP contribution in [0.25, 0.3) is 10.8 Å². The smallest absolute Gasteiger partial charge is 0.232 e. The van der Waals surface area contributed by atoms with E-state index in [1.54, 1.807) is 0 Å². The Morgan fingerprint density at radius 1 is 1.00 bits per heavy atom. The van der Waals surface area contributed by atoms with Gasteiger partial charge in [-0.15, -0.1) is 0 Å². The lowest BCUT2D eigenvalue weighted by atomic mass is 10.0. The molecule has 1 heterocycles. The maximum absolute atomic E-state index is 9.39. The number of nitriles is 1. The molecule has 4 nitrogen and oxygen atoms in total. The van der Waals surface area contributed by atoms with Gasteiger partial charge in [0.15, 0.2) is 0 Å². The quantitative estimate of drug-likeness (QED) is 0.535. The van der Waals surface area contributed by atoms with E-state index in [1.807, 2.05) is 18.2 Å². The Kier molecular flexibility index (Phi) is 4.59. The largest absolute Gasteiger partial charge is 0.423 e. The van der Waals surface area contributed by atoms with Crippen molar-refractivity contribution in [2.24, 2.45) is 0 Å². The summed E-state index contributed by atoms with van der Waals surface area (Å²) < 4.78 is 5.86. The number of aryl methyl sites for hydroxylation is 1. The topological polar surface area (TPSA) is 61.9 Å². The molecule has 0 spiro atoms. The van der Waals surface area contributed by atoms with E-state index in [9.17, 15) is 5.26 Å². The minimum atomic E-state index is 0.289. The molecule has 0 fully saturated rings. The van der Waals surface area contributed by atoms with Gasteiger partial charge in [0.05, 0.1) is 6.42 Å². The Morgan fingerprint density at radius 2 is 1.78 bits per heavy atom. The SMILES string of the molecule is Cc1ccc(CNc2oc(Cc3cccc4ccccc34)nc2C#N)cc1. The van der Waals surface area contributed by atoms with Crippen LogP contribution in [0.5, 0.6) is 0 Å². The Hall–Kier alpha value is -3.58. The molecular formula is C23H19N3O. The first-order chi connectivity index (χ1) is 13.2. The summed E-state index contributed by atoms with van der Waals surface area (Å²) in [5.74, 6) is 0.961. The van der Waals surface area contributed by atoms with Crippen molar-refractivity contribution in [3.8, 4) is 6.07 Å². The van der Waals surface area contributed by atoms with Crippen molar-refractivity contribution in [3.05, 3.63) is 95.0 Å². The number of hydrogen-bond acceptors (Lipinski definition) is 4. The first-order valence-electron chi connectivity index (χ1n) is 8.89. The minimum Gasteiger partial charge on any atom is -0.423 e. The molecular weight excluding hydrogens is 334 g/mol. The van der Waals surface area contributed by atoms with Gasteiger partial charge in [0.1, 0.15) is 6.07 Å². The van der Waals surface area contributed by atoms with E-state index in [0.29, 0.717) is 24.7 Å². The number of nitrogens with one attached hydrogen (secondary N) is 1. The highest BCUT2D eigenvalue weighted by Gasteiger charge is 2.14. The molecule has 0 saturated heterocycles. The standard InChI is InChI=1S/C23H19N3O/c1-16-9-11-17(12-10-16)15-25-23-21(14-24)26-22(27-23)13-19-7-4-6-18-5-2-3-8-20(18)19/h2-12,25H,13,15H2,1H3. The lowest BCUT2D eigenvalue weighted by Crippen LogP contribution is -1.99. The Labute approximate surface area is 158 Å². The number of nitrogens with zero attached hydrogens (tertiary/aromatic N) is 2. The highest BCUT2D eigenvalue weighted by Crippen LogP contribution is 2.24. The van der Waals surface area contributed by atoms with Crippen molar-refractivity contribution < 1.29 is 4.42 Å². The molecule has 0 saturated carbocycles. The van der Waals surface area contributed by atoms with Gasteiger partial charge in [-0.05, 0) is 28.8 Å². The molecule has 0 radical (unpaired) electrons. The van der Waals surface area contributed by atoms with E-state index >= 15 is 0 Å². The van der Waals surface area contributed by atoms with Crippen LogP contribution in [0.15, 0.2) is 71.1 Å². The van der Waals surface area contributed by atoms with E-state index in [2.05, 4.69) is 71.8 Å². The maximum atomic E-state index is 9.39. The predicted octanol–water partition coefficient (Wildman–Crippen LogP) is 5.21. The lowest BCUT2D eigenvalue weighted by molar-refractivity contribution is 0.518. The third kappa shape index (κ3) is 3.68. The fourth-order valence-corrected chi connectivity index (χ4v) is 3.13. The number of benzene rings is 3. The second-order valence-corrected chi connectivity index (χ2v) is 6.55. The summed E-state index contributed by atoms with van der Waals surface area (Å²) in [6.07, 6.45) is 0.544. The molecule has 0 aliphatic carbocycles. The molecule has 0 amide bonds. The predicted molar refractivity (Wildman–Crippen MR) is 106 cm³/mol. The van der Waals surface area contributed by atoms with Gasteiger partial charge in [-0.3, -0.25) is 0 Å². The zero-order valence-corrected chi connectivity index (χ0v) is 15.1. The normalized spacial score (nSPS) is 10.7. The van der Waals surface area contributed by atoms with Gasteiger partial charge in [0, 0.05) is 6.54 Å². The molecule has 0 atom stereocenters.